The molecule has 0 amide bonds. The van der Waals surface area contributed by atoms with Crippen LogP contribution < -0.4 is 10.6 Å². The smallest absolute Gasteiger partial charge is 0.120 e. The van der Waals surface area contributed by atoms with Crippen LogP contribution in [0, 0.1) is 0 Å². The number of hydrogen-bond donors (Lipinski definition) is 3. The molecule has 0 fully saturated rings. The first kappa shape index (κ1) is 10.0. The summed E-state index contributed by atoms with van der Waals surface area (Å²) in [5.74, 6) is 0.363. The SMILES string of the molecule is CNCc1cccc(O)c1CNC. The van der Waals surface area contributed by atoms with Gasteiger partial charge in [0.05, 0.1) is 0 Å². The number of phenolic OH excluding ortho intramolecular Hbond substituents is 1. The van der Waals surface area contributed by atoms with Crippen molar-refractivity contribution >= 4 is 0 Å². The van der Waals surface area contributed by atoms with Crippen LogP contribution in [0.2, 0.25) is 0 Å². The van der Waals surface area contributed by atoms with Crippen LogP contribution in [-0.2, 0) is 13.1 Å². The number of hydrogen-bond acceptors (Lipinski definition) is 3. The van der Waals surface area contributed by atoms with E-state index in [0.29, 0.717) is 12.3 Å². The minimum absolute atomic E-state index is 0.363. The van der Waals surface area contributed by atoms with Crippen LogP contribution in [-0.4, -0.2) is 19.2 Å². The Morgan fingerprint density at radius 2 is 1.85 bits per heavy atom. The van der Waals surface area contributed by atoms with E-state index in [2.05, 4.69) is 10.6 Å². The summed E-state index contributed by atoms with van der Waals surface area (Å²) in [7, 11) is 3.77. The normalized spacial score (nSPS) is 10.3. The zero-order valence-electron chi connectivity index (χ0n) is 8.09. The predicted octanol–water partition coefficient (Wildman–Crippen LogP) is 0.831. The van der Waals surface area contributed by atoms with Gasteiger partial charge < -0.3 is 15.7 Å². The Labute approximate surface area is 78.8 Å². The highest BCUT2D eigenvalue weighted by atomic mass is 16.3. The van der Waals surface area contributed by atoms with Crippen molar-refractivity contribution in [1.29, 1.82) is 0 Å². The molecule has 0 atom stereocenters. The molecule has 3 heteroatoms. The van der Waals surface area contributed by atoms with Crippen LogP contribution in [0.3, 0.4) is 0 Å². The van der Waals surface area contributed by atoms with Crippen molar-refractivity contribution in [3.8, 4) is 5.75 Å². The zero-order valence-corrected chi connectivity index (χ0v) is 8.09. The van der Waals surface area contributed by atoms with Crippen LogP contribution >= 0.6 is 0 Å². The number of rotatable bonds is 4. The Morgan fingerprint density at radius 3 is 2.46 bits per heavy atom. The Kier molecular flexibility index (Phi) is 3.73. The highest BCUT2D eigenvalue weighted by molar-refractivity contribution is 5.39. The molecule has 0 spiro atoms. The number of benzene rings is 1. The highest BCUT2D eigenvalue weighted by Crippen LogP contribution is 2.20. The molecule has 3 N–H and O–H groups in total. The largest absolute Gasteiger partial charge is 0.508 e. The third-order valence-electron chi connectivity index (χ3n) is 1.97. The molecule has 0 aromatic heterocycles. The van der Waals surface area contributed by atoms with Gasteiger partial charge in [0.15, 0.2) is 0 Å². The third kappa shape index (κ3) is 2.44. The summed E-state index contributed by atoms with van der Waals surface area (Å²) in [5.41, 5.74) is 2.11. The van der Waals surface area contributed by atoms with Crippen molar-refractivity contribution in [1.82, 2.24) is 10.6 Å². The molecule has 1 aromatic rings. The van der Waals surface area contributed by atoms with Crippen LogP contribution in [0.4, 0.5) is 0 Å². The van der Waals surface area contributed by atoms with E-state index in [-0.39, 0.29) is 0 Å². The molecule has 1 aromatic carbocycles. The Hall–Kier alpha value is -1.06. The molecule has 72 valence electrons. The maximum atomic E-state index is 9.58. The molecule has 0 aliphatic heterocycles. The summed E-state index contributed by atoms with van der Waals surface area (Å²) >= 11 is 0. The van der Waals surface area contributed by atoms with E-state index in [4.69, 9.17) is 0 Å². The Bertz CT molecular complexity index is 274. The van der Waals surface area contributed by atoms with Crippen LogP contribution in [0.5, 0.6) is 5.75 Å². The topological polar surface area (TPSA) is 44.3 Å². The fourth-order valence-electron chi connectivity index (χ4n) is 1.36. The van der Waals surface area contributed by atoms with E-state index in [1.165, 1.54) is 0 Å². The number of aromatic hydroxyl groups is 1. The molecule has 13 heavy (non-hydrogen) atoms. The van der Waals surface area contributed by atoms with Gasteiger partial charge in [-0.25, -0.2) is 0 Å². The molecule has 0 unspecified atom stereocenters. The van der Waals surface area contributed by atoms with Crippen molar-refractivity contribution in [3.63, 3.8) is 0 Å². The molecule has 3 nitrogen and oxygen atoms in total. The highest BCUT2D eigenvalue weighted by Gasteiger charge is 2.04. The number of nitrogens with one attached hydrogen (secondary N) is 2. The molecule has 1 rings (SSSR count). The summed E-state index contributed by atoms with van der Waals surface area (Å²) in [6.45, 7) is 1.48. The van der Waals surface area contributed by atoms with Gasteiger partial charge in [0, 0.05) is 18.7 Å². The van der Waals surface area contributed by atoms with Gasteiger partial charge in [0.1, 0.15) is 5.75 Å². The summed E-state index contributed by atoms with van der Waals surface area (Å²) < 4.78 is 0. The molecular weight excluding hydrogens is 164 g/mol. The fraction of sp³-hybridized carbons (Fsp3) is 0.400. The predicted molar refractivity (Wildman–Crippen MR) is 53.6 cm³/mol. The van der Waals surface area contributed by atoms with Gasteiger partial charge in [-0.3, -0.25) is 0 Å². The van der Waals surface area contributed by atoms with Crippen LogP contribution in [0.15, 0.2) is 18.2 Å². The minimum atomic E-state index is 0.363. The van der Waals surface area contributed by atoms with Crippen molar-refractivity contribution in [2.45, 2.75) is 13.1 Å². The van der Waals surface area contributed by atoms with Gasteiger partial charge in [-0.1, -0.05) is 12.1 Å². The van der Waals surface area contributed by atoms with Crippen LogP contribution in [0.1, 0.15) is 11.1 Å². The van der Waals surface area contributed by atoms with Gasteiger partial charge in [-0.05, 0) is 25.7 Å². The number of phenols is 1. The molecule has 0 saturated heterocycles. The van der Waals surface area contributed by atoms with E-state index in [1.54, 1.807) is 6.07 Å². The second kappa shape index (κ2) is 4.84. The molecule has 0 heterocycles. The Balaban J connectivity index is 2.95. The molecule has 0 bridgehead atoms. The summed E-state index contributed by atoms with van der Waals surface area (Å²) in [4.78, 5) is 0. The van der Waals surface area contributed by atoms with Gasteiger partial charge in [0.2, 0.25) is 0 Å². The standard InChI is InChI=1S/C10H16N2O/c1-11-6-8-4-3-5-10(13)9(8)7-12-2/h3-5,11-13H,6-7H2,1-2H3. The zero-order chi connectivity index (χ0) is 9.68. The van der Waals surface area contributed by atoms with E-state index < -0.39 is 0 Å². The second-order valence-electron chi connectivity index (χ2n) is 2.98. The molecule has 0 aliphatic carbocycles. The van der Waals surface area contributed by atoms with Crippen molar-refractivity contribution < 1.29 is 5.11 Å². The van der Waals surface area contributed by atoms with Crippen molar-refractivity contribution in [3.05, 3.63) is 29.3 Å². The third-order valence-corrected chi connectivity index (χ3v) is 1.97. The minimum Gasteiger partial charge on any atom is -0.508 e. The Morgan fingerprint density at radius 1 is 1.15 bits per heavy atom. The lowest BCUT2D eigenvalue weighted by atomic mass is 10.1. The van der Waals surface area contributed by atoms with Crippen LogP contribution in [0.25, 0.3) is 0 Å². The molecule has 0 saturated carbocycles. The lowest BCUT2D eigenvalue weighted by Crippen LogP contribution is -2.12. The summed E-state index contributed by atoms with van der Waals surface area (Å²) in [6.07, 6.45) is 0. The van der Waals surface area contributed by atoms with Gasteiger partial charge in [-0.15, -0.1) is 0 Å². The fourth-order valence-corrected chi connectivity index (χ4v) is 1.36. The first-order valence-electron chi connectivity index (χ1n) is 4.38. The first-order chi connectivity index (χ1) is 6.29. The van der Waals surface area contributed by atoms with Gasteiger partial charge in [-0.2, -0.15) is 0 Å². The lowest BCUT2D eigenvalue weighted by molar-refractivity contribution is 0.464. The van der Waals surface area contributed by atoms with E-state index in [0.717, 1.165) is 17.7 Å². The lowest BCUT2D eigenvalue weighted by Gasteiger charge is -2.10. The maximum Gasteiger partial charge on any atom is 0.120 e. The molecule has 0 radical (unpaired) electrons. The summed E-state index contributed by atoms with van der Waals surface area (Å²) in [5, 5.41) is 15.7. The van der Waals surface area contributed by atoms with Gasteiger partial charge in [0.25, 0.3) is 0 Å². The average Bonchev–Trinajstić information content (AvgIpc) is 2.11. The summed E-state index contributed by atoms with van der Waals surface area (Å²) in [6, 6.07) is 5.59. The first-order valence-corrected chi connectivity index (χ1v) is 4.38. The van der Waals surface area contributed by atoms with Crippen molar-refractivity contribution in [2.75, 3.05) is 14.1 Å². The van der Waals surface area contributed by atoms with E-state index in [9.17, 15) is 5.11 Å². The average molecular weight is 180 g/mol. The monoisotopic (exact) mass is 180 g/mol. The molecular formula is C10H16N2O. The van der Waals surface area contributed by atoms with E-state index in [1.807, 2.05) is 26.2 Å². The van der Waals surface area contributed by atoms with Gasteiger partial charge >= 0.3 is 0 Å². The quantitative estimate of drug-likeness (QED) is 0.643. The molecule has 0 aliphatic rings. The second-order valence-corrected chi connectivity index (χ2v) is 2.98. The maximum absolute atomic E-state index is 9.58. The van der Waals surface area contributed by atoms with Crippen molar-refractivity contribution in [2.24, 2.45) is 0 Å². The van der Waals surface area contributed by atoms with E-state index >= 15 is 0 Å².